The summed E-state index contributed by atoms with van der Waals surface area (Å²) < 4.78 is 10.7. The number of fused-ring (bicyclic) bond motifs is 1. The Bertz CT molecular complexity index is 685. The molecule has 1 heterocycles. The first-order valence-electron chi connectivity index (χ1n) is 7.90. The number of amides is 1. The molecule has 0 aliphatic carbocycles. The highest BCUT2D eigenvalue weighted by Gasteiger charge is 2.17. The number of nitrogens with one attached hydrogen (secondary N) is 1. The average molecular weight is 316 g/mol. The average Bonchev–Trinajstić information content (AvgIpc) is 2.55. The van der Waals surface area contributed by atoms with Crippen LogP contribution in [0.25, 0.3) is 10.9 Å². The molecule has 0 fully saturated rings. The highest BCUT2D eigenvalue weighted by molar-refractivity contribution is 6.03. The zero-order valence-corrected chi connectivity index (χ0v) is 14.2. The van der Waals surface area contributed by atoms with Gasteiger partial charge in [0, 0.05) is 17.7 Å². The van der Waals surface area contributed by atoms with Crippen LogP contribution < -0.4 is 5.32 Å². The van der Waals surface area contributed by atoms with Gasteiger partial charge in [-0.1, -0.05) is 18.2 Å². The minimum Gasteiger partial charge on any atom is -0.379 e. The molecular formula is C18H24N2O3. The summed E-state index contributed by atoms with van der Waals surface area (Å²) in [5.74, 6) is -0.166. The standard InChI is InChI=1S/C18H24N2O3/c1-5-22-10-11-23-14(4)18(21)20-17-12(2)13(3)19-16-9-7-6-8-15(16)17/h6-9,14H,5,10-11H2,1-4H3,(H,19,20,21)/t14-/m0/s1. The first-order chi connectivity index (χ1) is 11.0. The number of ether oxygens (including phenoxy) is 2. The van der Waals surface area contributed by atoms with E-state index in [4.69, 9.17) is 9.47 Å². The number of aryl methyl sites for hydroxylation is 1. The molecule has 0 saturated heterocycles. The third kappa shape index (κ3) is 4.27. The lowest BCUT2D eigenvalue weighted by Gasteiger charge is -2.17. The largest absolute Gasteiger partial charge is 0.379 e. The van der Waals surface area contributed by atoms with Gasteiger partial charge in [0.1, 0.15) is 6.10 Å². The van der Waals surface area contributed by atoms with Crippen LogP contribution in [-0.4, -0.2) is 36.8 Å². The van der Waals surface area contributed by atoms with Gasteiger partial charge in [-0.2, -0.15) is 0 Å². The smallest absolute Gasteiger partial charge is 0.253 e. The first-order valence-corrected chi connectivity index (χ1v) is 7.90. The molecule has 0 aliphatic heterocycles. The number of pyridine rings is 1. The number of hydrogen-bond acceptors (Lipinski definition) is 4. The van der Waals surface area contributed by atoms with E-state index in [1.165, 1.54) is 0 Å². The van der Waals surface area contributed by atoms with Crippen LogP contribution in [0, 0.1) is 13.8 Å². The molecular weight excluding hydrogens is 292 g/mol. The molecule has 2 rings (SSSR count). The van der Waals surface area contributed by atoms with Gasteiger partial charge in [-0.25, -0.2) is 0 Å². The van der Waals surface area contributed by atoms with Gasteiger partial charge in [0.05, 0.1) is 24.4 Å². The van der Waals surface area contributed by atoms with Gasteiger partial charge in [0.25, 0.3) is 5.91 Å². The molecule has 5 nitrogen and oxygen atoms in total. The van der Waals surface area contributed by atoms with Crippen LogP contribution in [0.3, 0.4) is 0 Å². The van der Waals surface area contributed by atoms with Crippen molar-refractivity contribution >= 4 is 22.5 Å². The topological polar surface area (TPSA) is 60.5 Å². The van der Waals surface area contributed by atoms with Gasteiger partial charge < -0.3 is 14.8 Å². The Balaban J connectivity index is 2.14. The molecule has 1 aromatic carbocycles. The van der Waals surface area contributed by atoms with Crippen molar-refractivity contribution in [1.82, 2.24) is 4.98 Å². The number of para-hydroxylation sites is 1. The SMILES string of the molecule is CCOCCO[C@@H](C)C(=O)Nc1c(C)c(C)nc2ccccc12. The minimum absolute atomic E-state index is 0.166. The summed E-state index contributed by atoms with van der Waals surface area (Å²) in [4.78, 5) is 16.9. The number of nitrogens with zero attached hydrogens (tertiary/aromatic N) is 1. The van der Waals surface area contributed by atoms with Gasteiger partial charge in [-0.3, -0.25) is 9.78 Å². The van der Waals surface area contributed by atoms with Gasteiger partial charge >= 0.3 is 0 Å². The summed E-state index contributed by atoms with van der Waals surface area (Å²) in [6.07, 6.45) is -0.540. The zero-order valence-electron chi connectivity index (χ0n) is 14.2. The Hall–Kier alpha value is -1.98. The maximum absolute atomic E-state index is 12.4. The third-order valence-electron chi connectivity index (χ3n) is 3.80. The molecule has 0 radical (unpaired) electrons. The Morgan fingerprint density at radius 3 is 2.74 bits per heavy atom. The third-order valence-corrected chi connectivity index (χ3v) is 3.80. The number of carbonyl (C=O) groups excluding carboxylic acids is 1. The lowest BCUT2D eigenvalue weighted by atomic mass is 10.1. The van der Waals surface area contributed by atoms with Gasteiger partial charge in [0.2, 0.25) is 0 Å². The summed E-state index contributed by atoms with van der Waals surface area (Å²) in [6, 6.07) is 7.79. The Labute approximate surface area is 137 Å². The predicted molar refractivity (Wildman–Crippen MR) is 91.8 cm³/mol. The van der Waals surface area contributed by atoms with Crippen LogP contribution in [-0.2, 0) is 14.3 Å². The molecule has 1 amide bonds. The molecule has 5 heteroatoms. The fourth-order valence-electron chi connectivity index (χ4n) is 2.32. The Morgan fingerprint density at radius 2 is 2.00 bits per heavy atom. The monoisotopic (exact) mass is 316 g/mol. The number of rotatable bonds is 7. The number of aromatic nitrogens is 1. The van der Waals surface area contributed by atoms with Crippen LogP contribution in [0.4, 0.5) is 5.69 Å². The highest BCUT2D eigenvalue weighted by atomic mass is 16.5. The van der Waals surface area contributed by atoms with E-state index in [0.717, 1.165) is 27.8 Å². The van der Waals surface area contributed by atoms with E-state index in [1.54, 1.807) is 6.92 Å². The lowest BCUT2D eigenvalue weighted by Crippen LogP contribution is -2.29. The minimum atomic E-state index is -0.540. The van der Waals surface area contributed by atoms with E-state index in [1.807, 2.05) is 45.0 Å². The second-order valence-electron chi connectivity index (χ2n) is 5.41. The zero-order chi connectivity index (χ0) is 16.8. The van der Waals surface area contributed by atoms with Crippen molar-refractivity contribution in [3.8, 4) is 0 Å². The quantitative estimate of drug-likeness (QED) is 0.797. The predicted octanol–water partition coefficient (Wildman–Crippen LogP) is 3.23. The Morgan fingerprint density at radius 1 is 1.26 bits per heavy atom. The van der Waals surface area contributed by atoms with Crippen molar-refractivity contribution in [1.29, 1.82) is 0 Å². The Kier molecular flexibility index (Phi) is 6.07. The molecule has 0 saturated carbocycles. The molecule has 23 heavy (non-hydrogen) atoms. The normalized spacial score (nSPS) is 12.3. The van der Waals surface area contributed by atoms with E-state index in [9.17, 15) is 4.79 Å². The fraction of sp³-hybridized carbons (Fsp3) is 0.444. The summed E-state index contributed by atoms with van der Waals surface area (Å²) in [7, 11) is 0. The van der Waals surface area contributed by atoms with Crippen LogP contribution in [0.5, 0.6) is 0 Å². The highest BCUT2D eigenvalue weighted by Crippen LogP contribution is 2.27. The van der Waals surface area contributed by atoms with E-state index >= 15 is 0 Å². The van der Waals surface area contributed by atoms with Crippen LogP contribution in [0.15, 0.2) is 24.3 Å². The van der Waals surface area contributed by atoms with E-state index in [2.05, 4.69) is 10.3 Å². The maximum Gasteiger partial charge on any atom is 0.253 e. The van der Waals surface area contributed by atoms with E-state index in [0.29, 0.717) is 19.8 Å². The van der Waals surface area contributed by atoms with E-state index in [-0.39, 0.29) is 5.91 Å². The molecule has 2 aromatic rings. The fourth-order valence-corrected chi connectivity index (χ4v) is 2.32. The second-order valence-corrected chi connectivity index (χ2v) is 5.41. The number of benzene rings is 1. The molecule has 1 aromatic heterocycles. The number of hydrogen-bond donors (Lipinski definition) is 1. The van der Waals surface area contributed by atoms with Crippen LogP contribution in [0.2, 0.25) is 0 Å². The summed E-state index contributed by atoms with van der Waals surface area (Å²) in [6.45, 7) is 9.11. The van der Waals surface area contributed by atoms with Crippen molar-refractivity contribution in [2.24, 2.45) is 0 Å². The number of carbonyl (C=O) groups is 1. The van der Waals surface area contributed by atoms with Crippen molar-refractivity contribution in [3.05, 3.63) is 35.5 Å². The van der Waals surface area contributed by atoms with Gasteiger partial charge in [-0.05, 0) is 39.3 Å². The molecule has 0 bridgehead atoms. The molecule has 1 atom stereocenters. The molecule has 0 spiro atoms. The van der Waals surface area contributed by atoms with Crippen molar-refractivity contribution in [3.63, 3.8) is 0 Å². The molecule has 0 unspecified atom stereocenters. The second kappa shape index (κ2) is 8.04. The first kappa shape index (κ1) is 17.4. The molecule has 124 valence electrons. The maximum atomic E-state index is 12.4. The van der Waals surface area contributed by atoms with Crippen molar-refractivity contribution < 1.29 is 14.3 Å². The molecule has 1 N–H and O–H groups in total. The van der Waals surface area contributed by atoms with Crippen LogP contribution in [0.1, 0.15) is 25.1 Å². The molecule has 0 aliphatic rings. The van der Waals surface area contributed by atoms with Gasteiger partial charge in [-0.15, -0.1) is 0 Å². The van der Waals surface area contributed by atoms with E-state index < -0.39 is 6.10 Å². The summed E-state index contributed by atoms with van der Waals surface area (Å²) >= 11 is 0. The summed E-state index contributed by atoms with van der Waals surface area (Å²) in [5.41, 5.74) is 3.55. The summed E-state index contributed by atoms with van der Waals surface area (Å²) in [5, 5.41) is 3.93. The number of anilines is 1. The van der Waals surface area contributed by atoms with Gasteiger partial charge in [0.15, 0.2) is 0 Å². The lowest BCUT2D eigenvalue weighted by molar-refractivity contribution is -0.127. The van der Waals surface area contributed by atoms with Crippen LogP contribution >= 0.6 is 0 Å². The van der Waals surface area contributed by atoms with Crippen molar-refractivity contribution in [2.75, 3.05) is 25.1 Å². The van der Waals surface area contributed by atoms with Crippen molar-refractivity contribution in [2.45, 2.75) is 33.8 Å².